The number of carbonyl (C=O) groups is 1. The van der Waals surface area contributed by atoms with Gasteiger partial charge in [-0.3, -0.25) is 9.36 Å². The van der Waals surface area contributed by atoms with E-state index in [1.807, 2.05) is 31.2 Å². The Balaban J connectivity index is 2.28. The van der Waals surface area contributed by atoms with Crippen LogP contribution in [0.25, 0.3) is 10.9 Å². The largest absolute Gasteiger partial charge is 0.392 e. The van der Waals surface area contributed by atoms with Crippen molar-refractivity contribution in [2.45, 2.75) is 13.5 Å². The number of aromatic nitrogens is 1. The number of para-hydroxylation sites is 1. The van der Waals surface area contributed by atoms with Crippen molar-refractivity contribution in [3.63, 3.8) is 0 Å². The van der Waals surface area contributed by atoms with Crippen molar-refractivity contribution in [2.24, 2.45) is 0 Å². The molecule has 1 aromatic heterocycles. The lowest BCUT2D eigenvalue weighted by Crippen LogP contribution is -2.14. The zero-order valence-corrected chi connectivity index (χ0v) is 12.3. The van der Waals surface area contributed by atoms with Crippen molar-refractivity contribution in [3.05, 3.63) is 70.4 Å². The number of aliphatic hydroxyl groups is 1. The number of fused-ring (bicyclic) bond motifs is 1. The average Bonchev–Trinajstić information content (AvgIpc) is 2.78. The molecular weight excluding hydrogens is 286 g/mol. The van der Waals surface area contributed by atoms with Crippen LogP contribution in [0.2, 0.25) is 5.02 Å². The number of nitrogens with zero attached hydrogens (tertiary/aromatic N) is 1. The Morgan fingerprint density at radius 1 is 1.14 bits per heavy atom. The van der Waals surface area contributed by atoms with Crippen LogP contribution in [0.5, 0.6) is 0 Å². The van der Waals surface area contributed by atoms with Crippen LogP contribution in [0.4, 0.5) is 0 Å². The van der Waals surface area contributed by atoms with Gasteiger partial charge in [-0.05, 0) is 25.1 Å². The minimum Gasteiger partial charge on any atom is -0.392 e. The molecule has 1 N–H and O–H groups in total. The highest BCUT2D eigenvalue weighted by atomic mass is 35.5. The molecule has 0 aliphatic rings. The minimum atomic E-state index is -0.186. The predicted molar refractivity (Wildman–Crippen MR) is 83.8 cm³/mol. The van der Waals surface area contributed by atoms with Gasteiger partial charge in [0, 0.05) is 16.6 Å². The maximum absolute atomic E-state index is 12.8. The van der Waals surface area contributed by atoms with E-state index in [-0.39, 0.29) is 12.5 Å². The summed E-state index contributed by atoms with van der Waals surface area (Å²) in [6, 6.07) is 14.5. The second-order valence-corrected chi connectivity index (χ2v) is 5.27. The highest BCUT2D eigenvalue weighted by molar-refractivity contribution is 6.34. The number of halogens is 1. The van der Waals surface area contributed by atoms with Crippen LogP contribution in [0, 0.1) is 6.92 Å². The highest BCUT2D eigenvalue weighted by Gasteiger charge is 2.20. The number of aliphatic hydroxyl groups excluding tert-OH is 1. The quantitative estimate of drug-likeness (QED) is 0.782. The third-order valence-electron chi connectivity index (χ3n) is 3.71. The summed E-state index contributed by atoms with van der Waals surface area (Å²) in [7, 11) is 0. The van der Waals surface area contributed by atoms with Gasteiger partial charge in [0.15, 0.2) is 0 Å². The second-order valence-electron chi connectivity index (χ2n) is 4.86. The molecule has 0 bridgehead atoms. The smallest absolute Gasteiger partial charge is 0.264 e. The van der Waals surface area contributed by atoms with E-state index in [0.717, 1.165) is 22.2 Å². The minimum absolute atomic E-state index is 0.102. The molecule has 2 aromatic carbocycles. The Hall–Kier alpha value is -2.10. The van der Waals surface area contributed by atoms with Crippen LogP contribution in [0.15, 0.2) is 48.5 Å². The fourth-order valence-corrected chi connectivity index (χ4v) is 2.87. The van der Waals surface area contributed by atoms with E-state index in [0.29, 0.717) is 10.6 Å². The van der Waals surface area contributed by atoms with E-state index in [1.54, 1.807) is 28.8 Å². The standard InChI is InChI=1S/C17H14ClNO2/c1-11-14(10-20)12-6-3-5-9-16(12)19(11)17(21)13-7-2-4-8-15(13)18/h2-9,20H,10H2,1H3. The van der Waals surface area contributed by atoms with Crippen LogP contribution in [-0.4, -0.2) is 15.6 Å². The first-order chi connectivity index (χ1) is 10.1. The summed E-state index contributed by atoms with van der Waals surface area (Å²) in [5, 5.41) is 10.9. The van der Waals surface area contributed by atoms with Crippen molar-refractivity contribution in [3.8, 4) is 0 Å². The molecule has 3 nitrogen and oxygen atoms in total. The SMILES string of the molecule is Cc1c(CO)c2ccccc2n1C(=O)c1ccccc1Cl. The average molecular weight is 300 g/mol. The van der Waals surface area contributed by atoms with Gasteiger partial charge in [0.25, 0.3) is 5.91 Å². The summed E-state index contributed by atoms with van der Waals surface area (Å²) in [5.74, 6) is -0.186. The molecule has 0 unspecified atom stereocenters. The lowest BCUT2D eigenvalue weighted by molar-refractivity contribution is 0.0963. The molecule has 0 saturated carbocycles. The molecule has 21 heavy (non-hydrogen) atoms. The van der Waals surface area contributed by atoms with E-state index in [1.165, 1.54) is 0 Å². The first kappa shape index (κ1) is 13.9. The van der Waals surface area contributed by atoms with Gasteiger partial charge in [-0.15, -0.1) is 0 Å². The number of benzene rings is 2. The Bertz CT molecular complexity index is 836. The number of rotatable bonds is 2. The Kier molecular flexibility index (Phi) is 3.53. The van der Waals surface area contributed by atoms with Crippen molar-refractivity contribution in [2.75, 3.05) is 0 Å². The van der Waals surface area contributed by atoms with E-state index >= 15 is 0 Å². The van der Waals surface area contributed by atoms with E-state index in [2.05, 4.69) is 0 Å². The fourth-order valence-electron chi connectivity index (χ4n) is 2.65. The van der Waals surface area contributed by atoms with Gasteiger partial charge >= 0.3 is 0 Å². The van der Waals surface area contributed by atoms with Crippen molar-refractivity contribution >= 4 is 28.4 Å². The van der Waals surface area contributed by atoms with E-state index in [4.69, 9.17) is 11.6 Å². The summed E-state index contributed by atoms with van der Waals surface area (Å²) in [6.45, 7) is 1.73. The van der Waals surface area contributed by atoms with Gasteiger partial charge in [-0.1, -0.05) is 41.9 Å². The molecule has 0 aliphatic heterocycles. The van der Waals surface area contributed by atoms with Crippen LogP contribution in [0.1, 0.15) is 21.6 Å². The topological polar surface area (TPSA) is 42.2 Å². The van der Waals surface area contributed by atoms with Crippen LogP contribution in [-0.2, 0) is 6.61 Å². The monoisotopic (exact) mass is 299 g/mol. The van der Waals surface area contributed by atoms with Gasteiger partial charge in [0.2, 0.25) is 0 Å². The Labute approximate surface area is 127 Å². The molecule has 3 rings (SSSR count). The Morgan fingerprint density at radius 3 is 2.52 bits per heavy atom. The second kappa shape index (κ2) is 5.35. The van der Waals surface area contributed by atoms with E-state index in [9.17, 15) is 9.90 Å². The van der Waals surface area contributed by atoms with Crippen LogP contribution in [0.3, 0.4) is 0 Å². The normalized spacial score (nSPS) is 11.0. The molecular formula is C17H14ClNO2. The fraction of sp³-hybridized carbons (Fsp3) is 0.118. The zero-order valence-electron chi connectivity index (χ0n) is 11.5. The lowest BCUT2D eigenvalue weighted by Gasteiger charge is -2.08. The Morgan fingerprint density at radius 2 is 1.81 bits per heavy atom. The van der Waals surface area contributed by atoms with Gasteiger partial charge < -0.3 is 5.11 Å². The van der Waals surface area contributed by atoms with Crippen molar-refractivity contribution in [1.29, 1.82) is 0 Å². The predicted octanol–water partition coefficient (Wildman–Crippen LogP) is 3.78. The lowest BCUT2D eigenvalue weighted by atomic mass is 10.1. The van der Waals surface area contributed by atoms with Gasteiger partial charge in [0.05, 0.1) is 22.7 Å². The van der Waals surface area contributed by atoms with Gasteiger partial charge in [0.1, 0.15) is 0 Å². The molecule has 0 saturated heterocycles. The molecule has 3 aromatic rings. The highest BCUT2D eigenvalue weighted by Crippen LogP contribution is 2.28. The molecule has 0 amide bonds. The summed E-state index contributed by atoms with van der Waals surface area (Å²) in [4.78, 5) is 12.8. The summed E-state index contributed by atoms with van der Waals surface area (Å²) >= 11 is 6.13. The molecule has 0 aliphatic carbocycles. The molecule has 4 heteroatoms. The summed E-state index contributed by atoms with van der Waals surface area (Å²) in [5.41, 5.74) is 2.74. The first-order valence-corrected chi connectivity index (χ1v) is 7.02. The zero-order chi connectivity index (χ0) is 15.0. The van der Waals surface area contributed by atoms with Crippen LogP contribution >= 0.6 is 11.6 Å². The van der Waals surface area contributed by atoms with Crippen molar-refractivity contribution < 1.29 is 9.90 Å². The third kappa shape index (κ3) is 2.15. The van der Waals surface area contributed by atoms with Crippen LogP contribution < -0.4 is 0 Å². The number of hydrogen-bond acceptors (Lipinski definition) is 2. The number of carbonyl (C=O) groups excluding carboxylic acids is 1. The molecule has 0 radical (unpaired) electrons. The number of hydrogen-bond donors (Lipinski definition) is 1. The summed E-state index contributed by atoms with van der Waals surface area (Å²) in [6.07, 6.45) is 0. The molecule has 0 fully saturated rings. The van der Waals surface area contributed by atoms with E-state index < -0.39 is 0 Å². The molecule has 1 heterocycles. The molecule has 0 spiro atoms. The molecule has 106 valence electrons. The first-order valence-electron chi connectivity index (χ1n) is 6.64. The molecule has 0 atom stereocenters. The maximum atomic E-state index is 12.8. The van der Waals surface area contributed by atoms with Crippen molar-refractivity contribution in [1.82, 2.24) is 4.57 Å². The third-order valence-corrected chi connectivity index (χ3v) is 4.04. The summed E-state index contributed by atoms with van der Waals surface area (Å²) < 4.78 is 1.61. The van der Waals surface area contributed by atoms with Gasteiger partial charge in [-0.2, -0.15) is 0 Å². The van der Waals surface area contributed by atoms with Gasteiger partial charge in [-0.25, -0.2) is 0 Å². The maximum Gasteiger partial charge on any atom is 0.264 e.